The van der Waals surface area contributed by atoms with Gasteiger partial charge in [-0.2, -0.15) is 0 Å². The lowest BCUT2D eigenvalue weighted by Crippen LogP contribution is -2.47. The van der Waals surface area contributed by atoms with Crippen molar-refractivity contribution in [1.29, 1.82) is 0 Å². The third kappa shape index (κ3) is 2.78. The third-order valence-electron chi connectivity index (χ3n) is 4.87. The highest BCUT2D eigenvalue weighted by Gasteiger charge is 2.43. The molecule has 2 atom stereocenters. The van der Waals surface area contributed by atoms with E-state index in [1.54, 1.807) is 0 Å². The molecule has 116 valence electrons. The highest BCUT2D eigenvalue weighted by Crippen LogP contribution is 2.39. The van der Waals surface area contributed by atoms with Crippen LogP contribution in [0.1, 0.15) is 31.0 Å². The number of piperidine rings is 1. The number of ether oxygens (including phenoxy) is 1. The van der Waals surface area contributed by atoms with Crippen molar-refractivity contribution in [1.82, 2.24) is 19.4 Å². The summed E-state index contributed by atoms with van der Waals surface area (Å²) in [6.07, 6.45) is 11.1. The Labute approximate surface area is 130 Å². The van der Waals surface area contributed by atoms with Gasteiger partial charge in [-0.3, -0.25) is 9.88 Å². The largest absolute Gasteiger partial charge is 0.371 e. The molecule has 2 aromatic heterocycles. The van der Waals surface area contributed by atoms with Crippen molar-refractivity contribution in [2.45, 2.75) is 37.5 Å². The molecule has 4 rings (SSSR count). The molecule has 2 aliphatic rings. The maximum atomic E-state index is 6.28. The molecule has 0 radical (unpaired) electrons. The van der Waals surface area contributed by atoms with Crippen LogP contribution >= 0.6 is 0 Å². The van der Waals surface area contributed by atoms with Gasteiger partial charge in [0.05, 0.1) is 30.3 Å². The normalized spacial score (nSPS) is 29.2. The quantitative estimate of drug-likeness (QED) is 0.872. The molecule has 0 unspecified atom stereocenters. The lowest BCUT2D eigenvalue weighted by atomic mass is 9.88. The average Bonchev–Trinajstić information content (AvgIpc) is 3.19. The summed E-state index contributed by atoms with van der Waals surface area (Å²) in [7, 11) is 0. The van der Waals surface area contributed by atoms with E-state index in [0.717, 1.165) is 44.8 Å². The lowest BCUT2D eigenvalue weighted by molar-refractivity contribution is -0.0537. The standard InChI is InChI=1S/C17H22N4O/c1-2-6-19-15(4-1)11-20-8-3-5-17(13-20)10-16(12-22-17)21-9-7-18-14-21/h1-2,4,6-7,9,14,16H,3,5,8,10-13H2/t16-,17+/m0/s1. The molecule has 0 amide bonds. The number of rotatable bonds is 3. The van der Waals surface area contributed by atoms with Crippen molar-refractivity contribution in [2.24, 2.45) is 0 Å². The first-order chi connectivity index (χ1) is 10.8. The summed E-state index contributed by atoms with van der Waals surface area (Å²) in [5.41, 5.74) is 1.16. The summed E-state index contributed by atoms with van der Waals surface area (Å²) >= 11 is 0. The fourth-order valence-electron chi connectivity index (χ4n) is 3.83. The van der Waals surface area contributed by atoms with Gasteiger partial charge in [-0.05, 0) is 31.5 Å². The maximum absolute atomic E-state index is 6.28. The molecule has 0 N–H and O–H groups in total. The van der Waals surface area contributed by atoms with E-state index in [2.05, 4.69) is 31.6 Å². The van der Waals surface area contributed by atoms with Gasteiger partial charge in [0.1, 0.15) is 0 Å². The summed E-state index contributed by atoms with van der Waals surface area (Å²) in [5.74, 6) is 0. The molecule has 2 fully saturated rings. The molecule has 5 nitrogen and oxygen atoms in total. The van der Waals surface area contributed by atoms with Crippen LogP contribution in [0.3, 0.4) is 0 Å². The highest BCUT2D eigenvalue weighted by molar-refractivity contribution is 5.05. The molecule has 2 aromatic rings. The molecular formula is C17H22N4O. The first-order valence-corrected chi connectivity index (χ1v) is 8.07. The predicted molar refractivity (Wildman–Crippen MR) is 83.3 cm³/mol. The van der Waals surface area contributed by atoms with Gasteiger partial charge in [0.25, 0.3) is 0 Å². The van der Waals surface area contributed by atoms with Crippen LogP contribution in [-0.2, 0) is 11.3 Å². The van der Waals surface area contributed by atoms with Crippen LogP contribution in [0.4, 0.5) is 0 Å². The zero-order chi connectivity index (χ0) is 14.8. The average molecular weight is 298 g/mol. The van der Waals surface area contributed by atoms with Crippen LogP contribution in [0.15, 0.2) is 43.1 Å². The van der Waals surface area contributed by atoms with Gasteiger partial charge in [-0.25, -0.2) is 4.98 Å². The van der Waals surface area contributed by atoms with Crippen molar-refractivity contribution in [2.75, 3.05) is 19.7 Å². The monoisotopic (exact) mass is 298 g/mol. The van der Waals surface area contributed by atoms with Crippen molar-refractivity contribution in [3.63, 3.8) is 0 Å². The van der Waals surface area contributed by atoms with E-state index in [1.165, 1.54) is 6.42 Å². The molecule has 5 heteroatoms. The molecule has 4 heterocycles. The van der Waals surface area contributed by atoms with Crippen LogP contribution in [0.25, 0.3) is 0 Å². The number of hydrogen-bond acceptors (Lipinski definition) is 4. The second-order valence-electron chi connectivity index (χ2n) is 6.50. The van der Waals surface area contributed by atoms with E-state index in [-0.39, 0.29) is 5.60 Å². The van der Waals surface area contributed by atoms with Crippen LogP contribution < -0.4 is 0 Å². The molecule has 0 bridgehead atoms. The second-order valence-corrected chi connectivity index (χ2v) is 6.50. The zero-order valence-corrected chi connectivity index (χ0v) is 12.8. The molecular weight excluding hydrogens is 276 g/mol. The topological polar surface area (TPSA) is 43.2 Å². The van der Waals surface area contributed by atoms with E-state index < -0.39 is 0 Å². The Bertz CT molecular complexity index is 600. The van der Waals surface area contributed by atoms with Gasteiger partial charge in [0, 0.05) is 38.1 Å². The molecule has 2 aliphatic heterocycles. The van der Waals surface area contributed by atoms with Gasteiger partial charge in [0.2, 0.25) is 0 Å². The van der Waals surface area contributed by atoms with Gasteiger partial charge in [0.15, 0.2) is 0 Å². The Kier molecular flexibility index (Phi) is 3.68. The Morgan fingerprint density at radius 3 is 3.14 bits per heavy atom. The Balaban J connectivity index is 1.43. The SMILES string of the molecule is c1ccc(CN2CCC[C@@]3(C[C@H](n4ccnc4)CO3)C2)nc1. The van der Waals surface area contributed by atoms with Crippen molar-refractivity contribution in [3.05, 3.63) is 48.8 Å². The Hall–Kier alpha value is -1.72. The van der Waals surface area contributed by atoms with Crippen LogP contribution in [0, 0.1) is 0 Å². The molecule has 1 spiro atoms. The molecule has 0 saturated carbocycles. The van der Waals surface area contributed by atoms with E-state index in [4.69, 9.17) is 4.74 Å². The van der Waals surface area contributed by atoms with Crippen LogP contribution in [-0.4, -0.2) is 44.7 Å². The molecule has 22 heavy (non-hydrogen) atoms. The first kappa shape index (κ1) is 13.9. The smallest absolute Gasteiger partial charge is 0.0949 e. The van der Waals surface area contributed by atoms with Gasteiger partial charge >= 0.3 is 0 Å². The van der Waals surface area contributed by atoms with Crippen molar-refractivity contribution in [3.8, 4) is 0 Å². The fraction of sp³-hybridized carbons (Fsp3) is 0.529. The lowest BCUT2D eigenvalue weighted by Gasteiger charge is -2.39. The first-order valence-electron chi connectivity index (χ1n) is 8.07. The van der Waals surface area contributed by atoms with E-state index in [9.17, 15) is 0 Å². The number of nitrogens with zero attached hydrogens (tertiary/aromatic N) is 4. The fourth-order valence-corrected chi connectivity index (χ4v) is 3.83. The number of imidazole rings is 1. The minimum atomic E-state index is 0.0158. The van der Waals surface area contributed by atoms with Gasteiger partial charge in [-0.1, -0.05) is 6.07 Å². The highest BCUT2D eigenvalue weighted by atomic mass is 16.5. The minimum absolute atomic E-state index is 0.0158. The Morgan fingerprint density at radius 2 is 2.32 bits per heavy atom. The molecule has 0 aromatic carbocycles. The van der Waals surface area contributed by atoms with Gasteiger partial charge in [-0.15, -0.1) is 0 Å². The van der Waals surface area contributed by atoms with E-state index in [1.807, 2.05) is 31.0 Å². The van der Waals surface area contributed by atoms with Crippen molar-refractivity contribution < 1.29 is 4.74 Å². The summed E-state index contributed by atoms with van der Waals surface area (Å²) in [6.45, 7) is 3.86. The zero-order valence-electron chi connectivity index (χ0n) is 12.8. The van der Waals surface area contributed by atoms with Crippen LogP contribution in [0.2, 0.25) is 0 Å². The van der Waals surface area contributed by atoms with Gasteiger partial charge < -0.3 is 9.30 Å². The maximum Gasteiger partial charge on any atom is 0.0949 e. The number of hydrogen-bond donors (Lipinski definition) is 0. The second kappa shape index (κ2) is 5.82. The van der Waals surface area contributed by atoms with Crippen molar-refractivity contribution >= 4 is 0 Å². The van der Waals surface area contributed by atoms with E-state index >= 15 is 0 Å². The van der Waals surface area contributed by atoms with Crippen LogP contribution in [0.5, 0.6) is 0 Å². The predicted octanol–water partition coefficient (Wildman–Crippen LogP) is 2.27. The number of pyridine rings is 1. The number of aromatic nitrogens is 3. The minimum Gasteiger partial charge on any atom is -0.371 e. The summed E-state index contributed by atoms with van der Waals surface area (Å²) < 4.78 is 8.46. The Morgan fingerprint density at radius 1 is 1.32 bits per heavy atom. The summed E-state index contributed by atoms with van der Waals surface area (Å²) in [5, 5.41) is 0. The summed E-state index contributed by atoms with van der Waals surface area (Å²) in [6, 6.07) is 6.56. The van der Waals surface area contributed by atoms with E-state index in [0.29, 0.717) is 6.04 Å². The third-order valence-corrected chi connectivity index (χ3v) is 4.87. The molecule has 0 aliphatic carbocycles. The number of likely N-dealkylation sites (tertiary alicyclic amines) is 1. The molecule has 2 saturated heterocycles. The summed E-state index contributed by atoms with van der Waals surface area (Å²) in [4.78, 5) is 11.1.